The molecule has 1 aromatic carbocycles. The number of aliphatic imine (C=N–C) groups is 1. The number of para-hydroxylation sites is 1. The lowest BCUT2D eigenvalue weighted by Gasteiger charge is -2.09. The largest absolute Gasteiger partial charge is 0.496 e. The molecule has 3 heteroatoms. The van der Waals surface area contributed by atoms with Crippen molar-refractivity contribution >= 4 is 6.08 Å². The highest BCUT2D eigenvalue weighted by atomic mass is 16.5. The molecule has 0 N–H and O–H groups in total. The van der Waals surface area contributed by atoms with Crippen molar-refractivity contribution in [3.8, 4) is 5.75 Å². The van der Waals surface area contributed by atoms with Gasteiger partial charge in [0.2, 0.25) is 6.08 Å². The van der Waals surface area contributed by atoms with Gasteiger partial charge < -0.3 is 4.74 Å². The van der Waals surface area contributed by atoms with E-state index in [4.69, 9.17) is 4.74 Å². The molecule has 68 valence electrons. The van der Waals surface area contributed by atoms with Gasteiger partial charge >= 0.3 is 0 Å². The first-order chi connectivity index (χ1) is 6.29. The molecule has 0 spiro atoms. The van der Waals surface area contributed by atoms with Gasteiger partial charge in [0.05, 0.1) is 13.2 Å². The molecule has 0 bridgehead atoms. The van der Waals surface area contributed by atoms with E-state index >= 15 is 0 Å². The van der Waals surface area contributed by atoms with Crippen molar-refractivity contribution in [1.82, 2.24) is 0 Å². The van der Waals surface area contributed by atoms with Crippen molar-refractivity contribution in [2.45, 2.75) is 13.0 Å². The number of methoxy groups -OCH3 is 1. The van der Waals surface area contributed by atoms with E-state index in [9.17, 15) is 4.79 Å². The first kappa shape index (κ1) is 9.49. The third-order valence-electron chi connectivity index (χ3n) is 1.84. The number of rotatable bonds is 3. The third kappa shape index (κ3) is 2.17. The van der Waals surface area contributed by atoms with Crippen LogP contribution >= 0.6 is 0 Å². The molecule has 1 aromatic rings. The van der Waals surface area contributed by atoms with E-state index in [1.807, 2.05) is 31.2 Å². The Labute approximate surface area is 77.1 Å². The normalized spacial score (nSPS) is 11.5. The van der Waals surface area contributed by atoms with Crippen molar-refractivity contribution in [3.63, 3.8) is 0 Å². The molecule has 1 unspecified atom stereocenters. The van der Waals surface area contributed by atoms with Crippen LogP contribution in [0.2, 0.25) is 0 Å². The van der Waals surface area contributed by atoms with Crippen molar-refractivity contribution in [2.24, 2.45) is 4.99 Å². The van der Waals surface area contributed by atoms with Gasteiger partial charge in [-0.15, -0.1) is 0 Å². The van der Waals surface area contributed by atoms with Gasteiger partial charge in [-0.25, -0.2) is 4.79 Å². The summed E-state index contributed by atoms with van der Waals surface area (Å²) in [7, 11) is 1.59. The Morgan fingerprint density at radius 3 is 2.77 bits per heavy atom. The molecule has 0 radical (unpaired) electrons. The number of hydrogen-bond acceptors (Lipinski definition) is 3. The number of nitrogens with zero attached hydrogens (tertiary/aromatic N) is 1. The first-order valence-electron chi connectivity index (χ1n) is 3.99. The predicted molar refractivity (Wildman–Crippen MR) is 49.5 cm³/mol. The Kier molecular flexibility index (Phi) is 3.23. The van der Waals surface area contributed by atoms with Crippen LogP contribution in [0.25, 0.3) is 0 Å². The zero-order valence-electron chi connectivity index (χ0n) is 7.65. The smallest absolute Gasteiger partial charge is 0.235 e. The van der Waals surface area contributed by atoms with Gasteiger partial charge in [0, 0.05) is 5.56 Å². The molecule has 3 nitrogen and oxygen atoms in total. The van der Waals surface area contributed by atoms with E-state index in [0.29, 0.717) is 0 Å². The van der Waals surface area contributed by atoms with Crippen molar-refractivity contribution < 1.29 is 9.53 Å². The average molecular weight is 177 g/mol. The van der Waals surface area contributed by atoms with Crippen LogP contribution in [-0.4, -0.2) is 13.2 Å². The highest BCUT2D eigenvalue weighted by Crippen LogP contribution is 2.26. The maximum atomic E-state index is 10.1. The molecule has 0 amide bonds. The molecule has 0 saturated carbocycles. The van der Waals surface area contributed by atoms with Crippen molar-refractivity contribution in [2.75, 3.05) is 7.11 Å². The van der Waals surface area contributed by atoms with Crippen LogP contribution in [0.4, 0.5) is 0 Å². The Morgan fingerprint density at radius 2 is 2.15 bits per heavy atom. The van der Waals surface area contributed by atoms with Gasteiger partial charge in [0.25, 0.3) is 0 Å². The molecule has 0 aliphatic rings. The summed E-state index contributed by atoms with van der Waals surface area (Å²) in [6.45, 7) is 1.82. The van der Waals surface area contributed by atoms with Crippen molar-refractivity contribution in [1.29, 1.82) is 0 Å². The van der Waals surface area contributed by atoms with Crippen LogP contribution in [-0.2, 0) is 4.79 Å². The van der Waals surface area contributed by atoms with Crippen LogP contribution in [0.15, 0.2) is 29.3 Å². The summed E-state index contributed by atoms with van der Waals surface area (Å²) < 4.78 is 5.12. The molecule has 0 heterocycles. The molecular weight excluding hydrogens is 166 g/mol. The quantitative estimate of drug-likeness (QED) is 0.523. The molecular formula is C10H11NO2. The second kappa shape index (κ2) is 4.43. The molecule has 0 aliphatic carbocycles. The highest BCUT2D eigenvalue weighted by Gasteiger charge is 2.08. The SMILES string of the molecule is COc1ccccc1C(C)N=C=O. The molecule has 1 rings (SSSR count). The average Bonchev–Trinajstić information content (AvgIpc) is 2.18. The lowest BCUT2D eigenvalue weighted by molar-refractivity contribution is 0.407. The minimum atomic E-state index is -0.200. The lowest BCUT2D eigenvalue weighted by Crippen LogP contribution is -1.94. The first-order valence-corrected chi connectivity index (χ1v) is 3.99. The van der Waals surface area contributed by atoms with Gasteiger partial charge in [-0.05, 0) is 13.0 Å². The van der Waals surface area contributed by atoms with Crippen LogP contribution < -0.4 is 4.74 Å². The molecule has 1 atom stereocenters. The summed E-state index contributed by atoms with van der Waals surface area (Å²) in [6, 6.07) is 7.28. The van der Waals surface area contributed by atoms with Gasteiger partial charge in [0.15, 0.2) is 0 Å². The monoisotopic (exact) mass is 177 g/mol. The van der Waals surface area contributed by atoms with E-state index in [-0.39, 0.29) is 6.04 Å². The number of isocyanates is 1. The molecule has 0 aromatic heterocycles. The van der Waals surface area contributed by atoms with E-state index in [2.05, 4.69) is 4.99 Å². The van der Waals surface area contributed by atoms with Gasteiger partial charge in [-0.2, -0.15) is 4.99 Å². The zero-order chi connectivity index (χ0) is 9.68. The number of ether oxygens (including phenoxy) is 1. The standard InChI is InChI=1S/C10H11NO2/c1-8(11-7-12)9-5-3-4-6-10(9)13-2/h3-6,8H,1-2H3. The fourth-order valence-corrected chi connectivity index (χ4v) is 1.16. The Hall–Kier alpha value is -1.60. The fraction of sp³-hybridized carbons (Fsp3) is 0.300. The van der Waals surface area contributed by atoms with E-state index < -0.39 is 0 Å². The van der Waals surface area contributed by atoms with Gasteiger partial charge in [0.1, 0.15) is 5.75 Å². The number of carbonyl (C=O) groups excluding carboxylic acids is 1. The minimum Gasteiger partial charge on any atom is -0.496 e. The minimum absolute atomic E-state index is 0.200. The fourth-order valence-electron chi connectivity index (χ4n) is 1.16. The second-order valence-corrected chi connectivity index (χ2v) is 2.64. The molecule has 0 aliphatic heterocycles. The maximum absolute atomic E-state index is 10.1. The summed E-state index contributed by atoms with van der Waals surface area (Å²) in [4.78, 5) is 13.7. The Bertz CT molecular complexity index is 329. The Morgan fingerprint density at radius 1 is 1.46 bits per heavy atom. The number of hydrogen-bond donors (Lipinski definition) is 0. The van der Waals surface area contributed by atoms with E-state index in [0.717, 1.165) is 11.3 Å². The summed E-state index contributed by atoms with van der Waals surface area (Å²) in [5, 5.41) is 0. The summed E-state index contributed by atoms with van der Waals surface area (Å²) in [5.74, 6) is 0.744. The van der Waals surface area contributed by atoms with Gasteiger partial charge in [-0.3, -0.25) is 0 Å². The highest BCUT2D eigenvalue weighted by molar-refractivity contribution is 5.40. The van der Waals surface area contributed by atoms with Crippen LogP contribution in [0, 0.1) is 0 Å². The van der Waals surface area contributed by atoms with Crippen molar-refractivity contribution in [3.05, 3.63) is 29.8 Å². The van der Waals surface area contributed by atoms with Crippen LogP contribution in [0.1, 0.15) is 18.5 Å². The van der Waals surface area contributed by atoms with E-state index in [1.54, 1.807) is 7.11 Å². The topological polar surface area (TPSA) is 38.7 Å². The van der Waals surface area contributed by atoms with E-state index in [1.165, 1.54) is 6.08 Å². The van der Waals surface area contributed by atoms with Gasteiger partial charge in [-0.1, -0.05) is 18.2 Å². The summed E-state index contributed by atoms with van der Waals surface area (Å²) in [5.41, 5.74) is 0.897. The van der Waals surface area contributed by atoms with Crippen LogP contribution in [0.3, 0.4) is 0 Å². The second-order valence-electron chi connectivity index (χ2n) is 2.64. The summed E-state index contributed by atoms with van der Waals surface area (Å²) >= 11 is 0. The Balaban J connectivity index is 3.04. The molecule has 0 fully saturated rings. The lowest BCUT2D eigenvalue weighted by atomic mass is 10.1. The number of benzene rings is 1. The predicted octanol–water partition coefficient (Wildman–Crippen LogP) is 2.09. The summed E-state index contributed by atoms with van der Waals surface area (Å²) in [6.07, 6.45) is 1.54. The van der Waals surface area contributed by atoms with Crippen LogP contribution in [0.5, 0.6) is 5.75 Å². The zero-order valence-corrected chi connectivity index (χ0v) is 7.65. The maximum Gasteiger partial charge on any atom is 0.235 e. The molecule has 0 saturated heterocycles. The molecule has 13 heavy (non-hydrogen) atoms. The third-order valence-corrected chi connectivity index (χ3v) is 1.84.